The van der Waals surface area contributed by atoms with Crippen molar-refractivity contribution < 1.29 is 9.90 Å². The van der Waals surface area contributed by atoms with Gasteiger partial charge in [0.25, 0.3) is 5.91 Å². The van der Waals surface area contributed by atoms with Crippen LogP contribution in [0.2, 0.25) is 0 Å². The number of nitrogens with one attached hydrogen (secondary N) is 1. The van der Waals surface area contributed by atoms with E-state index in [9.17, 15) is 9.90 Å². The molecule has 0 unspecified atom stereocenters. The number of carbonyl (C=O) groups is 1. The first kappa shape index (κ1) is 24.2. The maximum Gasteiger partial charge on any atom is 0.255 e. The number of allylic oxidation sites excluding steroid dienone is 1. The molecular formula is C29H30N4O2S. The Morgan fingerprint density at radius 1 is 1.03 bits per heavy atom. The highest BCUT2D eigenvalue weighted by Crippen LogP contribution is 2.48. The lowest BCUT2D eigenvalue weighted by atomic mass is 9.92. The minimum atomic E-state index is -1.40. The molecule has 1 saturated heterocycles. The molecule has 2 aliphatic rings. The number of carbonyl (C=O) groups excluding carboxylic acids is 1. The second-order valence-corrected chi connectivity index (χ2v) is 10.2. The molecular weight excluding hydrogens is 468 g/mol. The van der Waals surface area contributed by atoms with Gasteiger partial charge in [0, 0.05) is 17.4 Å². The summed E-state index contributed by atoms with van der Waals surface area (Å²) in [6.07, 6.45) is 0. The summed E-state index contributed by atoms with van der Waals surface area (Å²) in [6.45, 7) is 6.00. The van der Waals surface area contributed by atoms with E-state index in [1.165, 1.54) is 11.8 Å². The van der Waals surface area contributed by atoms with Gasteiger partial charge in [-0.2, -0.15) is 0 Å². The predicted octanol–water partition coefficient (Wildman–Crippen LogP) is 5.62. The van der Waals surface area contributed by atoms with E-state index >= 15 is 0 Å². The average molecular weight is 499 g/mol. The molecule has 1 fully saturated rings. The van der Waals surface area contributed by atoms with Crippen LogP contribution in [0.5, 0.6) is 0 Å². The summed E-state index contributed by atoms with van der Waals surface area (Å²) in [4.78, 5) is 22.5. The van der Waals surface area contributed by atoms with Gasteiger partial charge in [0.2, 0.25) is 5.85 Å². The van der Waals surface area contributed by atoms with Crippen LogP contribution in [0.4, 0.5) is 11.4 Å². The van der Waals surface area contributed by atoms with Crippen molar-refractivity contribution in [3.63, 3.8) is 0 Å². The Labute approximate surface area is 216 Å². The third-order valence-corrected chi connectivity index (χ3v) is 7.58. The Morgan fingerprint density at radius 2 is 1.61 bits per heavy atom. The summed E-state index contributed by atoms with van der Waals surface area (Å²) in [5, 5.41) is 16.2. The molecule has 184 valence electrons. The van der Waals surface area contributed by atoms with Gasteiger partial charge in [-0.05, 0) is 50.6 Å². The van der Waals surface area contributed by atoms with E-state index in [1.807, 2.05) is 108 Å². The van der Waals surface area contributed by atoms with E-state index in [0.717, 1.165) is 11.3 Å². The van der Waals surface area contributed by atoms with Crippen molar-refractivity contribution in [2.45, 2.75) is 38.7 Å². The zero-order chi connectivity index (χ0) is 25.3. The fraction of sp³-hybridized carbons (Fsp3) is 0.241. The largest absolute Gasteiger partial charge is 0.353 e. The molecule has 2 atom stereocenters. The van der Waals surface area contributed by atoms with Gasteiger partial charge in [0.15, 0.2) is 5.17 Å². The fourth-order valence-corrected chi connectivity index (χ4v) is 6.23. The van der Waals surface area contributed by atoms with Crippen molar-refractivity contribution in [3.05, 3.63) is 108 Å². The van der Waals surface area contributed by atoms with Crippen LogP contribution in [0.3, 0.4) is 0 Å². The van der Waals surface area contributed by atoms with Gasteiger partial charge in [-0.1, -0.05) is 78.5 Å². The number of aliphatic hydroxyl groups is 1. The summed E-state index contributed by atoms with van der Waals surface area (Å²) < 4.78 is 0. The van der Waals surface area contributed by atoms with Crippen LogP contribution in [0.15, 0.2) is 107 Å². The molecule has 2 N–H and O–H groups in total. The van der Waals surface area contributed by atoms with Crippen LogP contribution in [-0.2, 0) is 4.79 Å². The first-order valence-corrected chi connectivity index (χ1v) is 13.1. The smallest absolute Gasteiger partial charge is 0.255 e. The molecule has 0 radical (unpaired) electrons. The molecule has 5 rings (SSSR count). The highest BCUT2D eigenvalue weighted by molar-refractivity contribution is 8.14. The summed E-state index contributed by atoms with van der Waals surface area (Å²) in [5.41, 5.74) is 3.71. The Morgan fingerprint density at radius 3 is 2.22 bits per heavy atom. The standard InChI is InChI=1S/C29H30N4O2S/c1-20(2)32(24-17-11-6-12-18-24)29(35)19-36-28-30-21(3)25(27(34)31-23-15-9-5-10-16-23)26(33(28)29)22-13-7-4-8-14-22/h4-18,20,26,35H,19H2,1-3H3,(H,31,34)/t26-,29+/m0/s1. The lowest BCUT2D eigenvalue weighted by Gasteiger charge is -2.50. The SMILES string of the molecule is CC1=C(C(=O)Nc2ccccc2)[C@H](c2ccccc2)N2C(=N1)SC[C@@]2(O)N(c1ccccc1)C(C)C. The topological polar surface area (TPSA) is 68.2 Å². The predicted molar refractivity (Wildman–Crippen MR) is 148 cm³/mol. The average Bonchev–Trinajstić information content (AvgIpc) is 3.21. The number of amides is 1. The first-order valence-electron chi connectivity index (χ1n) is 12.1. The van der Waals surface area contributed by atoms with Gasteiger partial charge in [0.1, 0.15) is 0 Å². The number of fused-ring (bicyclic) bond motifs is 1. The number of rotatable bonds is 6. The van der Waals surface area contributed by atoms with Crippen molar-refractivity contribution in [2.24, 2.45) is 4.99 Å². The molecule has 3 aromatic rings. The molecule has 1 amide bonds. The van der Waals surface area contributed by atoms with Crippen LogP contribution in [0, 0.1) is 0 Å². The highest BCUT2D eigenvalue weighted by Gasteiger charge is 2.55. The number of para-hydroxylation sites is 2. The van der Waals surface area contributed by atoms with Crippen LogP contribution in [0.1, 0.15) is 32.4 Å². The zero-order valence-electron chi connectivity index (χ0n) is 20.6. The van der Waals surface area contributed by atoms with Gasteiger partial charge in [-0.25, -0.2) is 4.99 Å². The Hall–Kier alpha value is -3.55. The lowest BCUT2D eigenvalue weighted by Crippen LogP contribution is -2.64. The van der Waals surface area contributed by atoms with Crippen LogP contribution < -0.4 is 10.2 Å². The van der Waals surface area contributed by atoms with Crippen molar-refractivity contribution in [3.8, 4) is 0 Å². The van der Waals surface area contributed by atoms with E-state index in [-0.39, 0.29) is 11.9 Å². The highest BCUT2D eigenvalue weighted by atomic mass is 32.2. The summed E-state index contributed by atoms with van der Waals surface area (Å²) in [6, 6.07) is 28.7. The van der Waals surface area contributed by atoms with E-state index in [2.05, 4.69) is 19.2 Å². The second-order valence-electron chi connectivity index (χ2n) is 9.26. The summed E-state index contributed by atoms with van der Waals surface area (Å²) >= 11 is 1.51. The molecule has 36 heavy (non-hydrogen) atoms. The van der Waals surface area contributed by atoms with Crippen molar-refractivity contribution >= 4 is 34.2 Å². The normalized spacial score (nSPS) is 21.3. The molecule has 0 aromatic heterocycles. The summed E-state index contributed by atoms with van der Waals surface area (Å²) in [5.74, 6) is -1.24. The second kappa shape index (κ2) is 9.84. The van der Waals surface area contributed by atoms with Gasteiger partial charge >= 0.3 is 0 Å². The van der Waals surface area contributed by atoms with E-state index in [0.29, 0.717) is 27.9 Å². The van der Waals surface area contributed by atoms with Crippen molar-refractivity contribution in [1.82, 2.24) is 4.90 Å². The minimum Gasteiger partial charge on any atom is -0.353 e. The molecule has 0 aliphatic carbocycles. The van der Waals surface area contributed by atoms with E-state index in [4.69, 9.17) is 4.99 Å². The Balaban J connectivity index is 1.64. The van der Waals surface area contributed by atoms with Gasteiger partial charge in [-0.3, -0.25) is 9.69 Å². The van der Waals surface area contributed by atoms with Gasteiger partial charge < -0.3 is 15.3 Å². The quantitative estimate of drug-likeness (QED) is 0.432. The molecule has 6 nitrogen and oxygen atoms in total. The number of anilines is 2. The molecule has 0 spiro atoms. The lowest BCUT2D eigenvalue weighted by molar-refractivity contribution is -0.114. The maximum atomic E-state index is 13.8. The third kappa shape index (κ3) is 4.29. The van der Waals surface area contributed by atoms with Crippen LogP contribution in [0.25, 0.3) is 0 Å². The molecule has 2 aliphatic heterocycles. The Bertz CT molecular complexity index is 1290. The molecule has 2 heterocycles. The Kier molecular flexibility index (Phi) is 6.60. The van der Waals surface area contributed by atoms with Crippen LogP contribution in [-0.4, -0.2) is 38.7 Å². The summed E-state index contributed by atoms with van der Waals surface area (Å²) in [7, 11) is 0. The first-order chi connectivity index (χ1) is 17.4. The van der Waals surface area contributed by atoms with Crippen LogP contribution >= 0.6 is 11.8 Å². The zero-order valence-corrected chi connectivity index (χ0v) is 21.4. The molecule has 0 bridgehead atoms. The number of hydrogen-bond acceptors (Lipinski definition) is 6. The van der Waals surface area contributed by atoms with Gasteiger partial charge in [-0.15, -0.1) is 0 Å². The van der Waals surface area contributed by atoms with Gasteiger partial charge in [0.05, 0.1) is 23.1 Å². The minimum absolute atomic E-state index is 0.0117. The third-order valence-electron chi connectivity index (χ3n) is 6.50. The fourth-order valence-electron chi connectivity index (χ4n) is 5.04. The van der Waals surface area contributed by atoms with Crippen molar-refractivity contribution in [2.75, 3.05) is 16.0 Å². The number of nitrogens with zero attached hydrogens (tertiary/aromatic N) is 3. The number of hydrogen-bond donors (Lipinski definition) is 2. The number of aliphatic imine (C=N–C) groups is 1. The number of thioether (sulfide) groups is 1. The molecule has 7 heteroatoms. The maximum absolute atomic E-state index is 13.8. The number of benzene rings is 3. The van der Waals surface area contributed by atoms with E-state index in [1.54, 1.807) is 0 Å². The van der Waals surface area contributed by atoms with Crippen molar-refractivity contribution in [1.29, 1.82) is 0 Å². The molecule has 3 aromatic carbocycles. The molecule has 0 saturated carbocycles. The monoisotopic (exact) mass is 498 g/mol. The van der Waals surface area contributed by atoms with E-state index < -0.39 is 11.9 Å². The number of amidine groups is 1.